The van der Waals surface area contributed by atoms with Gasteiger partial charge in [0, 0.05) is 23.9 Å². The van der Waals surface area contributed by atoms with Gasteiger partial charge in [-0.3, -0.25) is 9.78 Å². The van der Waals surface area contributed by atoms with Crippen molar-refractivity contribution in [2.75, 3.05) is 7.11 Å². The Morgan fingerprint density at radius 1 is 1.59 bits per heavy atom. The molecule has 0 aliphatic carbocycles. The van der Waals surface area contributed by atoms with Gasteiger partial charge in [-0.05, 0) is 0 Å². The van der Waals surface area contributed by atoms with Crippen molar-refractivity contribution in [2.45, 2.75) is 19.4 Å². The van der Waals surface area contributed by atoms with Crippen LogP contribution in [0.4, 0.5) is 13.2 Å². The maximum Gasteiger partial charge on any atom is 0.310 e. The number of ether oxygens (including phenoxy) is 1. The Labute approximate surface area is 95.6 Å². The number of carbonyl (C=O) groups is 1. The lowest BCUT2D eigenvalue weighted by atomic mass is 10.1. The fourth-order valence-corrected chi connectivity index (χ4v) is 1.30. The van der Waals surface area contributed by atoms with Crippen LogP contribution >= 0.6 is 0 Å². The van der Waals surface area contributed by atoms with Crippen LogP contribution in [0.25, 0.3) is 0 Å². The number of hydrogen-bond acceptors (Lipinski definition) is 4. The van der Waals surface area contributed by atoms with E-state index in [0.29, 0.717) is 0 Å². The Bertz CT molecular complexity index is 424. The summed E-state index contributed by atoms with van der Waals surface area (Å²) in [6.45, 7) is -0.184. The molecule has 1 heterocycles. The van der Waals surface area contributed by atoms with Gasteiger partial charge >= 0.3 is 5.97 Å². The molecule has 1 aromatic heterocycles. The van der Waals surface area contributed by atoms with Gasteiger partial charge in [-0.15, -0.1) is 0 Å². The molecule has 4 nitrogen and oxygen atoms in total. The molecule has 0 aromatic carbocycles. The van der Waals surface area contributed by atoms with Crippen LogP contribution in [0.15, 0.2) is 6.20 Å². The van der Waals surface area contributed by atoms with Crippen LogP contribution < -0.4 is 5.73 Å². The molecule has 94 valence electrons. The number of rotatable bonds is 4. The molecular weight excluding hydrogens is 237 g/mol. The van der Waals surface area contributed by atoms with E-state index in [1.54, 1.807) is 0 Å². The lowest BCUT2D eigenvalue weighted by Crippen LogP contribution is -2.13. The van der Waals surface area contributed by atoms with E-state index in [1.807, 2.05) is 0 Å². The van der Waals surface area contributed by atoms with E-state index >= 15 is 0 Å². The predicted octanol–water partition coefficient (Wildman–Crippen LogP) is 1.33. The van der Waals surface area contributed by atoms with E-state index < -0.39 is 35.9 Å². The molecule has 0 fully saturated rings. The summed E-state index contributed by atoms with van der Waals surface area (Å²) < 4.78 is 43.2. The Kier molecular flexibility index (Phi) is 4.45. The number of nitrogens with zero attached hydrogens (tertiary/aromatic N) is 1. The van der Waals surface area contributed by atoms with E-state index in [9.17, 15) is 18.0 Å². The number of pyridine rings is 1. The summed E-state index contributed by atoms with van der Waals surface area (Å²) in [6.07, 6.45) is -2.61. The first kappa shape index (κ1) is 13.4. The van der Waals surface area contributed by atoms with Crippen LogP contribution in [0.1, 0.15) is 23.2 Å². The van der Waals surface area contributed by atoms with Crippen molar-refractivity contribution in [2.24, 2.45) is 5.73 Å². The number of nitrogens with two attached hydrogens (primary N) is 1. The molecule has 1 aromatic rings. The standard InChI is InChI=1S/C10H11F3N2O2/c1-17-7(16)2-6-8(11)5(3-14)4-15-9(6)10(12)13/h4,10H,2-3,14H2,1H3. The summed E-state index contributed by atoms with van der Waals surface area (Å²) in [4.78, 5) is 14.4. The number of esters is 1. The van der Waals surface area contributed by atoms with Gasteiger partial charge in [0.15, 0.2) is 0 Å². The third-order valence-electron chi connectivity index (χ3n) is 2.19. The van der Waals surface area contributed by atoms with E-state index in [-0.39, 0.29) is 12.1 Å². The highest BCUT2D eigenvalue weighted by molar-refractivity contribution is 5.72. The fraction of sp³-hybridized carbons (Fsp3) is 0.400. The minimum atomic E-state index is -2.96. The van der Waals surface area contributed by atoms with Crippen LogP contribution in [0.2, 0.25) is 0 Å². The second-order valence-electron chi connectivity index (χ2n) is 3.22. The predicted molar refractivity (Wildman–Crippen MR) is 52.8 cm³/mol. The summed E-state index contributed by atoms with van der Waals surface area (Å²) in [5, 5.41) is 0. The topological polar surface area (TPSA) is 65.2 Å². The van der Waals surface area contributed by atoms with Crippen LogP contribution in [-0.2, 0) is 22.5 Å². The Balaban J connectivity index is 3.24. The highest BCUT2D eigenvalue weighted by Crippen LogP contribution is 2.25. The molecule has 1 rings (SSSR count). The third kappa shape index (κ3) is 2.94. The number of aromatic nitrogens is 1. The average Bonchev–Trinajstić information content (AvgIpc) is 2.30. The lowest BCUT2D eigenvalue weighted by Gasteiger charge is -2.10. The number of carbonyl (C=O) groups excluding carboxylic acids is 1. The van der Waals surface area contributed by atoms with Crippen LogP contribution in [0.5, 0.6) is 0 Å². The first-order chi connectivity index (χ1) is 8.01. The van der Waals surface area contributed by atoms with Crippen molar-refractivity contribution >= 4 is 5.97 Å². The quantitative estimate of drug-likeness (QED) is 0.816. The van der Waals surface area contributed by atoms with Gasteiger partial charge in [-0.2, -0.15) is 0 Å². The van der Waals surface area contributed by atoms with Gasteiger partial charge < -0.3 is 10.5 Å². The summed E-state index contributed by atoms with van der Waals surface area (Å²) >= 11 is 0. The molecule has 0 amide bonds. The summed E-state index contributed by atoms with van der Waals surface area (Å²) in [6, 6.07) is 0. The van der Waals surface area contributed by atoms with E-state index in [1.165, 1.54) is 0 Å². The minimum Gasteiger partial charge on any atom is -0.469 e. The molecule has 7 heteroatoms. The van der Waals surface area contributed by atoms with Crippen molar-refractivity contribution < 1.29 is 22.7 Å². The molecule has 17 heavy (non-hydrogen) atoms. The Morgan fingerprint density at radius 2 is 2.24 bits per heavy atom. The Morgan fingerprint density at radius 3 is 2.71 bits per heavy atom. The highest BCUT2D eigenvalue weighted by atomic mass is 19.3. The van der Waals surface area contributed by atoms with Crippen LogP contribution in [0.3, 0.4) is 0 Å². The molecule has 0 spiro atoms. The molecule has 2 N–H and O–H groups in total. The molecular formula is C10H11F3N2O2. The number of methoxy groups -OCH3 is 1. The van der Waals surface area contributed by atoms with Crippen molar-refractivity contribution in [1.82, 2.24) is 4.98 Å². The maximum absolute atomic E-state index is 13.7. The number of alkyl halides is 2. The number of halogens is 3. The molecule has 0 aliphatic heterocycles. The first-order valence-electron chi connectivity index (χ1n) is 4.72. The molecule has 0 saturated heterocycles. The highest BCUT2D eigenvalue weighted by Gasteiger charge is 2.22. The zero-order chi connectivity index (χ0) is 13.0. The molecule has 0 saturated carbocycles. The van der Waals surface area contributed by atoms with E-state index in [4.69, 9.17) is 5.73 Å². The zero-order valence-corrected chi connectivity index (χ0v) is 9.04. The van der Waals surface area contributed by atoms with Gasteiger partial charge in [0.05, 0.1) is 13.5 Å². The summed E-state index contributed by atoms with van der Waals surface area (Å²) in [5.74, 6) is -1.75. The second kappa shape index (κ2) is 5.62. The third-order valence-corrected chi connectivity index (χ3v) is 2.19. The summed E-state index contributed by atoms with van der Waals surface area (Å²) in [5.41, 5.74) is 3.98. The van der Waals surface area contributed by atoms with Crippen molar-refractivity contribution in [3.05, 3.63) is 28.8 Å². The van der Waals surface area contributed by atoms with Gasteiger partial charge in [0.2, 0.25) is 0 Å². The molecule has 0 bridgehead atoms. The van der Waals surface area contributed by atoms with Gasteiger partial charge in [-0.25, -0.2) is 13.2 Å². The molecule has 0 aliphatic rings. The minimum absolute atomic E-state index is 0.0201. The first-order valence-corrected chi connectivity index (χ1v) is 4.72. The zero-order valence-electron chi connectivity index (χ0n) is 9.04. The molecule has 0 unspecified atom stereocenters. The van der Waals surface area contributed by atoms with Gasteiger partial charge in [0.25, 0.3) is 6.43 Å². The van der Waals surface area contributed by atoms with Crippen LogP contribution in [-0.4, -0.2) is 18.1 Å². The van der Waals surface area contributed by atoms with E-state index in [0.717, 1.165) is 13.3 Å². The molecule has 0 radical (unpaired) electrons. The lowest BCUT2D eigenvalue weighted by molar-refractivity contribution is -0.139. The maximum atomic E-state index is 13.7. The SMILES string of the molecule is COC(=O)Cc1c(C(F)F)ncc(CN)c1F. The van der Waals surface area contributed by atoms with E-state index in [2.05, 4.69) is 9.72 Å². The monoisotopic (exact) mass is 248 g/mol. The van der Waals surface area contributed by atoms with Crippen molar-refractivity contribution in [3.8, 4) is 0 Å². The Hall–Kier alpha value is -1.63. The fourth-order valence-electron chi connectivity index (χ4n) is 1.30. The second-order valence-corrected chi connectivity index (χ2v) is 3.22. The number of hydrogen-bond donors (Lipinski definition) is 1. The average molecular weight is 248 g/mol. The van der Waals surface area contributed by atoms with Crippen molar-refractivity contribution in [1.29, 1.82) is 0 Å². The molecule has 0 atom stereocenters. The largest absolute Gasteiger partial charge is 0.469 e. The van der Waals surface area contributed by atoms with Crippen LogP contribution in [0, 0.1) is 5.82 Å². The van der Waals surface area contributed by atoms with Crippen molar-refractivity contribution in [3.63, 3.8) is 0 Å². The van der Waals surface area contributed by atoms with Gasteiger partial charge in [-0.1, -0.05) is 0 Å². The normalized spacial score (nSPS) is 10.7. The van der Waals surface area contributed by atoms with Gasteiger partial charge in [0.1, 0.15) is 11.5 Å². The smallest absolute Gasteiger partial charge is 0.310 e. The summed E-state index contributed by atoms with van der Waals surface area (Å²) in [7, 11) is 1.09.